The zero-order valence-electron chi connectivity index (χ0n) is 16.5. The molecule has 0 radical (unpaired) electrons. The number of nitrogens with zero attached hydrogens (tertiary/aromatic N) is 5. The molecule has 1 aromatic carbocycles. The standard InChI is InChI=1S/C23H21N7/c1-2-12-30(13-3-1)23-21-19(8-11-25-23)26-22(27-21)20-17-14-16(4-5-18(17)28-29-20)15-6-9-24-10-7-15/h4-11,14H,1-3,12-13H2,(H,26,27)(H,28,29). The van der Waals surface area contributed by atoms with Crippen molar-refractivity contribution in [2.75, 3.05) is 18.0 Å². The van der Waals surface area contributed by atoms with Crippen LogP contribution in [0, 0.1) is 0 Å². The van der Waals surface area contributed by atoms with Gasteiger partial charge in [0.2, 0.25) is 0 Å². The Morgan fingerprint density at radius 3 is 2.57 bits per heavy atom. The second-order valence-corrected chi connectivity index (χ2v) is 7.73. The van der Waals surface area contributed by atoms with E-state index in [1.54, 1.807) is 0 Å². The Morgan fingerprint density at radius 2 is 1.70 bits per heavy atom. The Balaban J connectivity index is 1.47. The van der Waals surface area contributed by atoms with Crippen LogP contribution in [0.1, 0.15) is 19.3 Å². The van der Waals surface area contributed by atoms with Crippen molar-refractivity contribution in [3.05, 3.63) is 55.0 Å². The number of nitrogens with one attached hydrogen (secondary N) is 2. The molecular weight excluding hydrogens is 374 g/mol. The molecule has 1 fully saturated rings. The molecule has 0 saturated carbocycles. The average Bonchev–Trinajstić information content (AvgIpc) is 3.43. The Kier molecular flexibility index (Phi) is 3.97. The number of benzene rings is 1. The van der Waals surface area contributed by atoms with Gasteiger partial charge in [0.25, 0.3) is 0 Å². The molecule has 0 aliphatic carbocycles. The van der Waals surface area contributed by atoms with Crippen LogP contribution >= 0.6 is 0 Å². The van der Waals surface area contributed by atoms with E-state index in [4.69, 9.17) is 4.98 Å². The first-order valence-corrected chi connectivity index (χ1v) is 10.4. The summed E-state index contributed by atoms with van der Waals surface area (Å²) in [6.07, 6.45) is 9.18. The van der Waals surface area contributed by atoms with Crippen LogP contribution in [0.3, 0.4) is 0 Å². The predicted molar refractivity (Wildman–Crippen MR) is 118 cm³/mol. The molecule has 5 aromatic rings. The monoisotopic (exact) mass is 395 g/mol. The Morgan fingerprint density at radius 1 is 0.833 bits per heavy atom. The fourth-order valence-electron chi connectivity index (χ4n) is 4.29. The molecule has 1 aliphatic rings. The first-order chi connectivity index (χ1) is 14.9. The number of imidazole rings is 1. The van der Waals surface area contributed by atoms with Gasteiger partial charge in [-0.05, 0) is 60.7 Å². The van der Waals surface area contributed by atoms with Gasteiger partial charge in [0.05, 0.1) is 11.0 Å². The van der Waals surface area contributed by atoms with E-state index in [2.05, 4.69) is 48.2 Å². The van der Waals surface area contributed by atoms with Crippen molar-refractivity contribution in [1.29, 1.82) is 0 Å². The molecule has 0 spiro atoms. The lowest BCUT2D eigenvalue weighted by Gasteiger charge is -2.27. The molecule has 1 aliphatic heterocycles. The van der Waals surface area contributed by atoms with Gasteiger partial charge in [-0.3, -0.25) is 10.1 Å². The maximum Gasteiger partial charge on any atom is 0.159 e. The maximum absolute atomic E-state index is 4.93. The Labute approximate surface area is 173 Å². The number of hydrogen-bond donors (Lipinski definition) is 2. The molecule has 7 nitrogen and oxygen atoms in total. The first-order valence-electron chi connectivity index (χ1n) is 10.4. The van der Waals surface area contributed by atoms with Crippen molar-refractivity contribution < 1.29 is 0 Å². The van der Waals surface area contributed by atoms with Gasteiger partial charge in [-0.1, -0.05) is 6.07 Å². The maximum atomic E-state index is 4.93. The van der Waals surface area contributed by atoms with E-state index in [0.717, 1.165) is 63.5 Å². The van der Waals surface area contributed by atoms with Crippen LogP contribution in [0.25, 0.3) is 44.6 Å². The third-order valence-corrected chi connectivity index (χ3v) is 5.84. The van der Waals surface area contributed by atoms with Crippen molar-refractivity contribution >= 4 is 27.8 Å². The molecule has 0 bridgehead atoms. The minimum absolute atomic E-state index is 0.759. The largest absolute Gasteiger partial charge is 0.355 e. The highest BCUT2D eigenvalue weighted by Gasteiger charge is 2.19. The van der Waals surface area contributed by atoms with E-state index in [1.165, 1.54) is 19.3 Å². The summed E-state index contributed by atoms with van der Waals surface area (Å²) in [5.74, 6) is 1.72. The van der Waals surface area contributed by atoms with Gasteiger partial charge in [0.1, 0.15) is 11.2 Å². The van der Waals surface area contributed by atoms with Crippen LogP contribution in [-0.4, -0.2) is 43.2 Å². The van der Waals surface area contributed by atoms with E-state index in [1.807, 2.05) is 36.8 Å². The Hall–Kier alpha value is -3.74. The normalized spacial score (nSPS) is 14.6. The summed E-state index contributed by atoms with van der Waals surface area (Å²) < 4.78 is 0. The van der Waals surface area contributed by atoms with Crippen molar-refractivity contribution in [3.8, 4) is 22.6 Å². The zero-order chi connectivity index (χ0) is 19.9. The van der Waals surface area contributed by atoms with E-state index in [0.29, 0.717) is 0 Å². The minimum Gasteiger partial charge on any atom is -0.355 e. The summed E-state index contributed by atoms with van der Waals surface area (Å²) in [6.45, 7) is 2.07. The number of hydrogen-bond acceptors (Lipinski definition) is 5. The van der Waals surface area contributed by atoms with E-state index < -0.39 is 0 Å². The average molecular weight is 395 g/mol. The van der Waals surface area contributed by atoms with Gasteiger partial charge in [-0.2, -0.15) is 5.10 Å². The highest BCUT2D eigenvalue weighted by Crippen LogP contribution is 2.32. The number of aromatic nitrogens is 6. The van der Waals surface area contributed by atoms with Crippen molar-refractivity contribution in [2.24, 2.45) is 0 Å². The van der Waals surface area contributed by atoms with Crippen LogP contribution in [0.4, 0.5) is 5.82 Å². The number of anilines is 1. The molecule has 6 rings (SSSR count). The smallest absolute Gasteiger partial charge is 0.159 e. The van der Waals surface area contributed by atoms with Gasteiger partial charge in [0.15, 0.2) is 11.6 Å². The third kappa shape index (κ3) is 2.82. The van der Waals surface area contributed by atoms with Gasteiger partial charge >= 0.3 is 0 Å². The summed E-state index contributed by atoms with van der Waals surface area (Å²) in [7, 11) is 0. The lowest BCUT2D eigenvalue weighted by molar-refractivity contribution is 0.574. The van der Waals surface area contributed by atoms with Gasteiger partial charge in [-0.15, -0.1) is 0 Å². The summed E-state index contributed by atoms with van der Waals surface area (Å²) in [6, 6.07) is 12.3. The van der Waals surface area contributed by atoms with Crippen LogP contribution in [0.5, 0.6) is 0 Å². The highest BCUT2D eigenvalue weighted by molar-refractivity contribution is 5.97. The third-order valence-electron chi connectivity index (χ3n) is 5.84. The quantitative estimate of drug-likeness (QED) is 0.468. The molecular formula is C23H21N7. The molecule has 4 aromatic heterocycles. The summed E-state index contributed by atoms with van der Waals surface area (Å²) in [4.78, 5) is 19.5. The number of aromatic amines is 2. The number of pyridine rings is 2. The van der Waals surface area contributed by atoms with E-state index in [9.17, 15) is 0 Å². The van der Waals surface area contributed by atoms with Crippen molar-refractivity contribution in [2.45, 2.75) is 19.3 Å². The summed E-state index contributed by atoms with van der Waals surface area (Å²) in [5.41, 5.74) is 5.96. The fraction of sp³-hybridized carbons (Fsp3) is 0.217. The highest BCUT2D eigenvalue weighted by atomic mass is 15.2. The molecule has 0 atom stereocenters. The number of rotatable bonds is 3. The summed E-state index contributed by atoms with van der Waals surface area (Å²) >= 11 is 0. The predicted octanol–water partition coefficient (Wildman–Crippen LogP) is 4.55. The van der Waals surface area contributed by atoms with Crippen LogP contribution in [0.2, 0.25) is 0 Å². The summed E-state index contributed by atoms with van der Waals surface area (Å²) in [5, 5.41) is 8.75. The van der Waals surface area contributed by atoms with Gasteiger partial charge < -0.3 is 9.88 Å². The number of piperidine rings is 1. The minimum atomic E-state index is 0.759. The molecule has 0 amide bonds. The molecule has 1 saturated heterocycles. The van der Waals surface area contributed by atoms with E-state index in [-0.39, 0.29) is 0 Å². The molecule has 5 heterocycles. The lowest BCUT2D eigenvalue weighted by atomic mass is 10.0. The van der Waals surface area contributed by atoms with E-state index >= 15 is 0 Å². The van der Waals surface area contributed by atoms with Crippen molar-refractivity contribution in [1.82, 2.24) is 30.1 Å². The number of H-pyrrole nitrogens is 2. The van der Waals surface area contributed by atoms with Gasteiger partial charge in [-0.25, -0.2) is 9.97 Å². The Bertz CT molecular complexity index is 1330. The van der Waals surface area contributed by atoms with Gasteiger partial charge in [0, 0.05) is 37.1 Å². The van der Waals surface area contributed by atoms with Crippen LogP contribution in [0.15, 0.2) is 55.0 Å². The first kappa shape index (κ1) is 17.1. The lowest BCUT2D eigenvalue weighted by Crippen LogP contribution is -2.30. The molecule has 148 valence electrons. The second-order valence-electron chi connectivity index (χ2n) is 7.73. The molecule has 30 heavy (non-hydrogen) atoms. The molecule has 0 unspecified atom stereocenters. The topological polar surface area (TPSA) is 86.4 Å². The SMILES string of the molecule is c1cc(-c2ccc3[nH]nc(-c4nc5c(N6CCCCC6)nccc5[nH]4)c3c2)ccn1. The second kappa shape index (κ2) is 6.95. The molecule has 2 N–H and O–H groups in total. The molecule has 7 heteroatoms. The van der Waals surface area contributed by atoms with Crippen molar-refractivity contribution in [3.63, 3.8) is 0 Å². The fourth-order valence-corrected chi connectivity index (χ4v) is 4.29. The van der Waals surface area contributed by atoms with Crippen LogP contribution < -0.4 is 4.90 Å². The van der Waals surface area contributed by atoms with Crippen LogP contribution in [-0.2, 0) is 0 Å². The number of fused-ring (bicyclic) bond motifs is 2. The zero-order valence-corrected chi connectivity index (χ0v) is 16.5.